The van der Waals surface area contributed by atoms with Crippen LogP contribution in [-0.4, -0.2) is 29.6 Å². The predicted octanol–water partition coefficient (Wildman–Crippen LogP) is 1.49. The first-order valence-electron chi connectivity index (χ1n) is 5.54. The highest BCUT2D eigenvalue weighted by Crippen LogP contribution is 2.25. The Morgan fingerprint density at radius 2 is 1.80 bits per heavy atom. The van der Waals surface area contributed by atoms with Crippen LogP contribution < -0.4 is 5.73 Å². The van der Waals surface area contributed by atoms with Gasteiger partial charge in [0.2, 0.25) is 0 Å². The number of hydrogen-bond acceptors (Lipinski definition) is 3. The number of rotatable bonds is 3. The first-order chi connectivity index (χ1) is 7.31. The Balaban J connectivity index is 2.14. The number of benzene rings is 1. The lowest BCUT2D eigenvalue weighted by Gasteiger charge is -2.26. The second kappa shape index (κ2) is 4.64. The molecular weight excluding hydrogens is 188 g/mol. The van der Waals surface area contributed by atoms with Gasteiger partial charge in [0.1, 0.15) is 5.75 Å². The fourth-order valence-corrected chi connectivity index (χ4v) is 2.25. The SMILES string of the molecule is NCC(c1ccc(O)cc1)N1CCCC1. The second-order valence-corrected chi connectivity index (χ2v) is 4.09. The van der Waals surface area contributed by atoms with Crippen LogP contribution in [0.25, 0.3) is 0 Å². The minimum Gasteiger partial charge on any atom is -0.508 e. The number of aromatic hydroxyl groups is 1. The molecular formula is C12H18N2O. The molecule has 1 saturated heterocycles. The summed E-state index contributed by atoms with van der Waals surface area (Å²) >= 11 is 0. The summed E-state index contributed by atoms with van der Waals surface area (Å²) in [6, 6.07) is 7.70. The molecule has 0 spiro atoms. The normalized spacial score (nSPS) is 19.3. The number of phenolic OH excluding ortho intramolecular Hbond substituents is 1. The Labute approximate surface area is 90.5 Å². The smallest absolute Gasteiger partial charge is 0.115 e. The van der Waals surface area contributed by atoms with Crippen molar-refractivity contribution in [2.24, 2.45) is 5.73 Å². The third-order valence-electron chi connectivity index (χ3n) is 3.08. The quantitative estimate of drug-likeness (QED) is 0.787. The molecule has 1 atom stereocenters. The summed E-state index contributed by atoms with van der Waals surface area (Å²) in [5, 5.41) is 9.23. The van der Waals surface area contributed by atoms with Crippen molar-refractivity contribution in [1.29, 1.82) is 0 Å². The maximum atomic E-state index is 9.23. The fraction of sp³-hybridized carbons (Fsp3) is 0.500. The molecule has 1 aromatic rings. The van der Waals surface area contributed by atoms with E-state index in [1.807, 2.05) is 12.1 Å². The standard InChI is InChI=1S/C12H18N2O/c13-9-12(14-7-1-2-8-14)10-3-5-11(15)6-4-10/h3-6,12,15H,1-2,7-9,13H2. The van der Waals surface area contributed by atoms with Gasteiger partial charge in [-0.25, -0.2) is 0 Å². The average molecular weight is 206 g/mol. The first kappa shape index (κ1) is 10.5. The van der Waals surface area contributed by atoms with Gasteiger partial charge in [-0.3, -0.25) is 4.90 Å². The third-order valence-corrected chi connectivity index (χ3v) is 3.08. The molecule has 1 unspecified atom stereocenters. The Morgan fingerprint density at radius 1 is 1.20 bits per heavy atom. The van der Waals surface area contributed by atoms with Crippen molar-refractivity contribution < 1.29 is 5.11 Å². The number of nitrogens with two attached hydrogens (primary N) is 1. The molecule has 1 aliphatic heterocycles. The molecule has 3 N–H and O–H groups in total. The Hall–Kier alpha value is -1.06. The average Bonchev–Trinajstić information content (AvgIpc) is 2.75. The van der Waals surface area contributed by atoms with Crippen LogP contribution in [-0.2, 0) is 0 Å². The largest absolute Gasteiger partial charge is 0.508 e. The third kappa shape index (κ3) is 2.30. The van der Waals surface area contributed by atoms with Gasteiger partial charge < -0.3 is 10.8 Å². The monoisotopic (exact) mass is 206 g/mol. The van der Waals surface area contributed by atoms with E-state index in [0.29, 0.717) is 18.3 Å². The highest BCUT2D eigenvalue weighted by Gasteiger charge is 2.21. The van der Waals surface area contributed by atoms with Crippen LogP contribution in [0, 0.1) is 0 Å². The molecule has 0 amide bonds. The van der Waals surface area contributed by atoms with E-state index in [1.165, 1.54) is 18.4 Å². The summed E-state index contributed by atoms with van der Waals surface area (Å²) in [5.41, 5.74) is 7.02. The van der Waals surface area contributed by atoms with E-state index >= 15 is 0 Å². The summed E-state index contributed by atoms with van der Waals surface area (Å²) in [4.78, 5) is 2.42. The highest BCUT2D eigenvalue weighted by molar-refractivity contribution is 5.28. The van der Waals surface area contributed by atoms with Gasteiger partial charge in [-0.05, 0) is 43.6 Å². The lowest BCUT2D eigenvalue weighted by atomic mass is 10.1. The minimum absolute atomic E-state index is 0.313. The van der Waals surface area contributed by atoms with Crippen LogP contribution in [0.2, 0.25) is 0 Å². The van der Waals surface area contributed by atoms with Crippen LogP contribution in [0.1, 0.15) is 24.4 Å². The van der Waals surface area contributed by atoms with Gasteiger partial charge in [-0.15, -0.1) is 0 Å². The molecule has 0 saturated carbocycles. The minimum atomic E-state index is 0.313. The molecule has 1 aromatic carbocycles. The van der Waals surface area contributed by atoms with E-state index in [4.69, 9.17) is 5.73 Å². The molecule has 2 rings (SSSR count). The van der Waals surface area contributed by atoms with Gasteiger partial charge in [0.05, 0.1) is 0 Å². The fourth-order valence-electron chi connectivity index (χ4n) is 2.25. The van der Waals surface area contributed by atoms with Crippen molar-refractivity contribution in [3.05, 3.63) is 29.8 Å². The number of likely N-dealkylation sites (tertiary alicyclic amines) is 1. The van der Waals surface area contributed by atoms with E-state index in [1.54, 1.807) is 12.1 Å². The van der Waals surface area contributed by atoms with Crippen molar-refractivity contribution in [1.82, 2.24) is 4.90 Å². The van der Waals surface area contributed by atoms with Crippen molar-refractivity contribution in [3.63, 3.8) is 0 Å². The Kier molecular flexibility index (Phi) is 3.23. The van der Waals surface area contributed by atoms with Crippen LogP contribution in [0.15, 0.2) is 24.3 Å². The van der Waals surface area contributed by atoms with E-state index in [0.717, 1.165) is 13.1 Å². The molecule has 82 valence electrons. The van der Waals surface area contributed by atoms with Crippen LogP contribution in [0.5, 0.6) is 5.75 Å². The van der Waals surface area contributed by atoms with E-state index in [9.17, 15) is 5.11 Å². The van der Waals surface area contributed by atoms with Crippen LogP contribution in [0.3, 0.4) is 0 Å². The lowest BCUT2D eigenvalue weighted by molar-refractivity contribution is 0.251. The summed E-state index contributed by atoms with van der Waals surface area (Å²) in [6.45, 7) is 2.93. The van der Waals surface area contributed by atoms with Crippen molar-refractivity contribution in [2.75, 3.05) is 19.6 Å². The van der Waals surface area contributed by atoms with Gasteiger partial charge in [0, 0.05) is 12.6 Å². The van der Waals surface area contributed by atoms with Crippen LogP contribution >= 0.6 is 0 Å². The number of phenols is 1. The topological polar surface area (TPSA) is 49.5 Å². The molecule has 0 radical (unpaired) electrons. The predicted molar refractivity (Wildman–Crippen MR) is 60.7 cm³/mol. The zero-order valence-corrected chi connectivity index (χ0v) is 8.89. The second-order valence-electron chi connectivity index (χ2n) is 4.09. The number of nitrogens with zero attached hydrogens (tertiary/aromatic N) is 1. The van der Waals surface area contributed by atoms with E-state index in [-0.39, 0.29) is 0 Å². The maximum absolute atomic E-state index is 9.23. The Morgan fingerprint density at radius 3 is 2.33 bits per heavy atom. The first-order valence-corrected chi connectivity index (χ1v) is 5.54. The van der Waals surface area contributed by atoms with Crippen molar-refractivity contribution >= 4 is 0 Å². The zero-order valence-electron chi connectivity index (χ0n) is 8.89. The van der Waals surface area contributed by atoms with Crippen molar-refractivity contribution in [3.8, 4) is 5.75 Å². The van der Waals surface area contributed by atoms with E-state index in [2.05, 4.69) is 4.90 Å². The molecule has 1 fully saturated rings. The highest BCUT2D eigenvalue weighted by atomic mass is 16.3. The molecule has 1 aliphatic rings. The van der Waals surface area contributed by atoms with Crippen LogP contribution in [0.4, 0.5) is 0 Å². The van der Waals surface area contributed by atoms with Gasteiger partial charge in [0.15, 0.2) is 0 Å². The molecule has 0 aromatic heterocycles. The van der Waals surface area contributed by atoms with E-state index < -0.39 is 0 Å². The molecule has 15 heavy (non-hydrogen) atoms. The van der Waals surface area contributed by atoms with Gasteiger partial charge >= 0.3 is 0 Å². The summed E-state index contributed by atoms with van der Waals surface area (Å²) in [7, 11) is 0. The molecule has 1 heterocycles. The van der Waals surface area contributed by atoms with Gasteiger partial charge in [0.25, 0.3) is 0 Å². The van der Waals surface area contributed by atoms with Gasteiger partial charge in [-0.1, -0.05) is 12.1 Å². The maximum Gasteiger partial charge on any atom is 0.115 e. The molecule has 0 aliphatic carbocycles. The summed E-state index contributed by atoms with van der Waals surface area (Å²) < 4.78 is 0. The Bertz CT molecular complexity index is 304. The summed E-state index contributed by atoms with van der Waals surface area (Å²) in [5.74, 6) is 0.316. The lowest BCUT2D eigenvalue weighted by Crippen LogP contribution is -2.31. The zero-order chi connectivity index (χ0) is 10.7. The molecule has 0 bridgehead atoms. The van der Waals surface area contributed by atoms with Gasteiger partial charge in [-0.2, -0.15) is 0 Å². The summed E-state index contributed by atoms with van der Waals surface area (Å²) in [6.07, 6.45) is 2.54. The van der Waals surface area contributed by atoms with Crippen molar-refractivity contribution in [2.45, 2.75) is 18.9 Å². The molecule has 3 nitrogen and oxygen atoms in total. The number of hydrogen-bond donors (Lipinski definition) is 2. The molecule has 3 heteroatoms.